The van der Waals surface area contributed by atoms with Crippen molar-refractivity contribution in [1.82, 2.24) is 14.8 Å². The average molecular weight is 341 g/mol. The molecule has 25 heavy (non-hydrogen) atoms. The van der Waals surface area contributed by atoms with Crippen LogP contribution in [0.4, 0.5) is 0 Å². The molecule has 6 nitrogen and oxygen atoms in total. The number of H-pyrrole nitrogens is 1. The number of nitrogens with zero attached hydrogens (tertiary/aromatic N) is 2. The number of carbonyl (C=O) groups is 2. The lowest BCUT2D eigenvalue weighted by molar-refractivity contribution is 0.0533. The third-order valence-electron chi connectivity index (χ3n) is 4.55. The summed E-state index contributed by atoms with van der Waals surface area (Å²) in [5, 5.41) is 0. The number of aryl methyl sites for hydroxylation is 2. The molecule has 0 radical (unpaired) electrons. The number of nitrogens with one attached hydrogen (secondary N) is 1. The van der Waals surface area contributed by atoms with Crippen LogP contribution in [0.2, 0.25) is 0 Å². The fourth-order valence-electron chi connectivity index (χ4n) is 3.31. The Morgan fingerprint density at radius 2 is 1.68 bits per heavy atom. The molecule has 2 aromatic rings. The van der Waals surface area contributed by atoms with Crippen molar-refractivity contribution >= 4 is 11.8 Å². The molecule has 1 saturated heterocycles. The van der Waals surface area contributed by atoms with Gasteiger partial charge in [0.05, 0.1) is 18.2 Å². The predicted molar refractivity (Wildman–Crippen MR) is 95.1 cm³/mol. The molecule has 0 aliphatic carbocycles. The number of aromatic amines is 1. The second-order valence-corrected chi connectivity index (χ2v) is 6.35. The van der Waals surface area contributed by atoms with Crippen molar-refractivity contribution < 1.29 is 14.3 Å². The molecule has 2 heterocycles. The van der Waals surface area contributed by atoms with Crippen LogP contribution in [-0.4, -0.2) is 59.9 Å². The Labute approximate surface area is 147 Å². The number of methoxy groups -OCH3 is 1. The molecule has 1 aromatic carbocycles. The van der Waals surface area contributed by atoms with Gasteiger partial charge in [-0.15, -0.1) is 0 Å². The summed E-state index contributed by atoms with van der Waals surface area (Å²) in [4.78, 5) is 31.8. The molecule has 1 aliphatic rings. The van der Waals surface area contributed by atoms with E-state index in [9.17, 15) is 9.59 Å². The van der Waals surface area contributed by atoms with Gasteiger partial charge in [0.25, 0.3) is 11.8 Å². The number of piperazine rings is 1. The minimum Gasteiger partial charge on any atom is -0.496 e. The summed E-state index contributed by atoms with van der Waals surface area (Å²) in [5.74, 6) is 0.580. The molecule has 1 N–H and O–H groups in total. The molecule has 132 valence electrons. The highest BCUT2D eigenvalue weighted by Gasteiger charge is 2.27. The zero-order chi connectivity index (χ0) is 18.0. The smallest absolute Gasteiger partial charge is 0.257 e. The Kier molecular flexibility index (Phi) is 4.79. The van der Waals surface area contributed by atoms with E-state index in [0.29, 0.717) is 43.1 Å². The number of rotatable bonds is 3. The Morgan fingerprint density at radius 1 is 1.04 bits per heavy atom. The van der Waals surface area contributed by atoms with E-state index in [1.54, 1.807) is 35.4 Å². The highest BCUT2D eigenvalue weighted by atomic mass is 16.5. The first-order valence-corrected chi connectivity index (χ1v) is 8.38. The van der Waals surface area contributed by atoms with Crippen LogP contribution in [0.15, 0.2) is 30.6 Å². The largest absolute Gasteiger partial charge is 0.496 e. The van der Waals surface area contributed by atoms with E-state index in [4.69, 9.17) is 4.74 Å². The molecule has 0 unspecified atom stereocenters. The van der Waals surface area contributed by atoms with Gasteiger partial charge in [-0.25, -0.2) is 0 Å². The standard InChI is InChI=1S/C19H23N3O3/c1-13-10-14(2)17(25-3)16(11-13)19(24)22-8-6-21(7-9-22)18(23)15-4-5-20-12-15/h4-5,10-12,20H,6-9H2,1-3H3. The number of carbonyl (C=O) groups excluding carboxylic acids is 2. The number of amides is 2. The fraction of sp³-hybridized carbons (Fsp3) is 0.368. The molecular formula is C19H23N3O3. The summed E-state index contributed by atoms with van der Waals surface area (Å²) >= 11 is 0. The van der Waals surface area contributed by atoms with Crippen LogP contribution in [0.5, 0.6) is 5.75 Å². The predicted octanol–water partition coefficient (Wildman–Crippen LogP) is 2.24. The maximum atomic E-state index is 12.9. The molecule has 0 spiro atoms. The third-order valence-corrected chi connectivity index (χ3v) is 4.55. The number of hydrogen-bond donors (Lipinski definition) is 1. The molecule has 1 aliphatic heterocycles. The van der Waals surface area contributed by atoms with Crippen LogP contribution in [0.25, 0.3) is 0 Å². The first kappa shape index (κ1) is 17.1. The maximum absolute atomic E-state index is 12.9. The number of benzene rings is 1. The molecule has 1 aromatic heterocycles. The highest BCUT2D eigenvalue weighted by molar-refractivity contribution is 5.98. The first-order valence-electron chi connectivity index (χ1n) is 8.38. The zero-order valence-electron chi connectivity index (χ0n) is 14.8. The maximum Gasteiger partial charge on any atom is 0.257 e. The van der Waals surface area contributed by atoms with Crippen LogP contribution in [0.1, 0.15) is 31.8 Å². The van der Waals surface area contributed by atoms with Gasteiger partial charge >= 0.3 is 0 Å². The lowest BCUT2D eigenvalue weighted by atomic mass is 10.0. The lowest BCUT2D eigenvalue weighted by Gasteiger charge is -2.35. The fourth-order valence-corrected chi connectivity index (χ4v) is 3.31. The first-order chi connectivity index (χ1) is 12.0. The van der Waals surface area contributed by atoms with E-state index in [0.717, 1.165) is 11.1 Å². The second kappa shape index (κ2) is 7.01. The Bertz CT molecular complexity index is 775. The molecule has 1 fully saturated rings. The lowest BCUT2D eigenvalue weighted by Crippen LogP contribution is -2.50. The minimum absolute atomic E-state index is 0.00247. The van der Waals surface area contributed by atoms with Crippen LogP contribution in [-0.2, 0) is 0 Å². The van der Waals surface area contributed by atoms with Gasteiger partial charge in [-0.3, -0.25) is 9.59 Å². The Hall–Kier alpha value is -2.76. The van der Waals surface area contributed by atoms with Crippen molar-refractivity contribution in [2.75, 3.05) is 33.3 Å². The van der Waals surface area contributed by atoms with E-state index in [1.165, 1.54) is 0 Å². The summed E-state index contributed by atoms with van der Waals surface area (Å²) in [7, 11) is 1.59. The van der Waals surface area contributed by atoms with E-state index < -0.39 is 0 Å². The quantitative estimate of drug-likeness (QED) is 0.931. The zero-order valence-corrected chi connectivity index (χ0v) is 14.8. The second-order valence-electron chi connectivity index (χ2n) is 6.35. The van der Waals surface area contributed by atoms with Gasteiger partial charge in [0, 0.05) is 38.6 Å². The normalized spacial score (nSPS) is 14.5. The van der Waals surface area contributed by atoms with Crippen LogP contribution < -0.4 is 4.74 Å². The van der Waals surface area contributed by atoms with Gasteiger partial charge in [0.2, 0.25) is 0 Å². The van der Waals surface area contributed by atoms with Crippen molar-refractivity contribution in [3.63, 3.8) is 0 Å². The third kappa shape index (κ3) is 3.38. The summed E-state index contributed by atoms with van der Waals surface area (Å²) in [5.41, 5.74) is 3.22. The van der Waals surface area contributed by atoms with Gasteiger partial charge < -0.3 is 19.5 Å². The van der Waals surface area contributed by atoms with Crippen LogP contribution in [0, 0.1) is 13.8 Å². The van der Waals surface area contributed by atoms with Crippen LogP contribution in [0.3, 0.4) is 0 Å². The number of aromatic nitrogens is 1. The van der Waals surface area contributed by atoms with Crippen molar-refractivity contribution in [3.8, 4) is 5.75 Å². The summed E-state index contributed by atoms with van der Waals surface area (Å²) < 4.78 is 5.44. The van der Waals surface area contributed by atoms with E-state index >= 15 is 0 Å². The van der Waals surface area contributed by atoms with Crippen molar-refractivity contribution in [3.05, 3.63) is 52.8 Å². The molecule has 3 rings (SSSR count). The Balaban J connectivity index is 1.71. The summed E-state index contributed by atoms with van der Waals surface area (Å²) in [6.45, 7) is 6.01. The molecule has 0 bridgehead atoms. The van der Waals surface area contributed by atoms with E-state index in [-0.39, 0.29) is 11.8 Å². The van der Waals surface area contributed by atoms with Gasteiger partial charge in [0.1, 0.15) is 5.75 Å². The van der Waals surface area contributed by atoms with Gasteiger partial charge in [-0.2, -0.15) is 0 Å². The molecule has 6 heteroatoms. The van der Waals surface area contributed by atoms with Gasteiger partial charge in [0.15, 0.2) is 0 Å². The molecule has 0 atom stereocenters. The highest BCUT2D eigenvalue weighted by Crippen LogP contribution is 2.26. The van der Waals surface area contributed by atoms with Crippen molar-refractivity contribution in [2.24, 2.45) is 0 Å². The topological polar surface area (TPSA) is 65.6 Å². The summed E-state index contributed by atoms with van der Waals surface area (Å²) in [6, 6.07) is 5.63. The number of ether oxygens (including phenoxy) is 1. The average Bonchev–Trinajstić information content (AvgIpc) is 3.14. The molecular weight excluding hydrogens is 318 g/mol. The Morgan fingerprint density at radius 3 is 2.24 bits per heavy atom. The van der Waals surface area contributed by atoms with Gasteiger partial charge in [-0.1, -0.05) is 6.07 Å². The van der Waals surface area contributed by atoms with Crippen molar-refractivity contribution in [1.29, 1.82) is 0 Å². The van der Waals surface area contributed by atoms with Crippen molar-refractivity contribution in [2.45, 2.75) is 13.8 Å². The SMILES string of the molecule is COc1c(C)cc(C)cc1C(=O)N1CCN(C(=O)c2cc[nH]c2)CC1. The van der Waals surface area contributed by atoms with E-state index in [2.05, 4.69) is 4.98 Å². The monoisotopic (exact) mass is 341 g/mol. The van der Waals surface area contributed by atoms with E-state index in [1.807, 2.05) is 26.0 Å². The molecule has 0 saturated carbocycles. The van der Waals surface area contributed by atoms with Crippen LogP contribution >= 0.6 is 0 Å². The number of hydrogen-bond acceptors (Lipinski definition) is 3. The summed E-state index contributed by atoms with van der Waals surface area (Å²) in [6.07, 6.45) is 3.43. The minimum atomic E-state index is -0.0441. The molecule has 2 amide bonds. The van der Waals surface area contributed by atoms with Gasteiger partial charge in [-0.05, 0) is 37.1 Å².